The van der Waals surface area contributed by atoms with E-state index < -0.39 is 5.82 Å². The molecule has 7 nitrogen and oxygen atoms in total. The lowest BCUT2D eigenvalue weighted by Crippen LogP contribution is -2.49. The van der Waals surface area contributed by atoms with E-state index in [2.05, 4.69) is 20.4 Å². The Morgan fingerprint density at radius 2 is 2.10 bits per heavy atom. The maximum Gasteiger partial charge on any atom is 0.294 e. The Balaban J connectivity index is 0.00000240. The van der Waals surface area contributed by atoms with Crippen molar-refractivity contribution in [2.75, 3.05) is 19.6 Å². The highest BCUT2D eigenvalue weighted by atomic mass is 35.5. The molecule has 1 aliphatic rings. The van der Waals surface area contributed by atoms with Crippen LogP contribution in [0.15, 0.2) is 48.8 Å². The van der Waals surface area contributed by atoms with Crippen molar-refractivity contribution < 1.29 is 9.18 Å². The first-order valence-electron chi connectivity index (χ1n) is 9.31. The summed E-state index contributed by atoms with van der Waals surface area (Å²) in [6.45, 7) is 3.76. The van der Waals surface area contributed by atoms with Gasteiger partial charge in [-0.15, -0.1) is 17.5 Å². The first-order valence-corrected chi connectivity index (χ1v) is 9.31. The third-order valence-electron chi connectivity index (χ3n) is 4.84. The quantitative estimate of drug-likeness (QED) is 0.707. The number of piperazine rings is 1. The van der Waals surface area contributed by atoms with Crippen molar-refractivity contribution in [1.82, 2.24) is 30.0 Å². The van der Waals surface area contributed by atoms with E-state index in [9.17, 15) is 9.18 Å². The maximum absolute atomic E-state index is 14.2. The number of halogens is 2. The molecular weight excluding hydrogens is 395 g/mol. The topological polar surface area (TPSA) is 75.9 Å². The summed E-state index contributed by atoms with van der Waals surface area (Å²) in [4.78, 5) is 23.6. The summed E-state index contributed by atoms with van der Waals surface area (Å²) >= 11 is 0. The molecule has 1 amide bonds. The zero-order valence-electron chi connectivity index (χ0n) is 16.0. The molecule has 2 aromatic heterocycles. The average Bonchev–Trinajstić information content (AvgIpc) is 3.18. The SMILES string of the molecule is CCc1nc(C(=O)N2CCNCC2c2cccnc2)nn1-c1ccccc1F.Cl. The van der Waals surface area contributed by atoms with Crippen LogP contribution < -0.4 is 5.32 Å². The summed E-state index contributed by atoms with van der Waals surface area (Å²) in [5, 5.41) is 7.67. The van der Waals surface area contributed by atoms with Crippen molar-refractivity contribution in [2.45, 2.75) is 19.4 Å². The second kappa shape index (κ2) is 9.11. The minimum absolute atomic E-state index is 0. The van der Waals surface area contributed by atoms with Crippen molar-refractivity contribution in [3.63, 3.8) is 0 Å². The van der Waals surface area contributed by atoms with Crippen LogP contribution in [-0.4, -0.2) is 50.2 Å². The summed E-state index contributed by atoms with van der Waals surface area (Å²) in [5.74, 6) is -0.0472. The molecule has 0 aliphatic carbocycles. The third-order valence-corrected chi connectivity index (χ3v) is 4.84. The van der Waals surface area contributed by atoms with Gasteiger partial charge in [0.25, 0.3) is 5.91 Å². The summed E-state index contributed by atoms with van der Waals surface area (Å²) in [5.41, 5.74) is 1.24. The van der Waals surface area contributed by atoms with E-state index in [4.69, 9.17) is 0 Å². The molecule has 1 fully saturated rings. The van der Waals surface area contributed by atoms with Crippen molar-refractivity contribution in [2.24, 2.45) is 0 Å². The van der Waals surface area contributed by atoms with Crippen LogP contribution in [0.3, 0.4) is 0 Å². The lowest BCUT2D eigenvalue weighted by molar-refractivity contribution is 0.0621. The summed E-state index contributed by atoms with van der Waals surface area (Å²) < 4.78 is 15.7. The molecule has 0 radical (unpaired) electrons. The number of benzene rings is 1. The second-order valence-corrected chi connectivity index (χ2v) is 6.57. The molecule has 0 bridgehead atoms. The Labute approximate surface area is 174 Å². The third kappa shape index (κ3) is 4.13. The Kier molecular flexibility index (Phi) is 6.56. The number of para-hydroxylation sites is 1. The molecule has 4 rings (SSSR count). The highest BCUT2D eigenvalue weighted by Gasteiger charge is 2.31. The molecule has 152 valence electrons. The second-order valence-electron chi connectivity index (χ2n) is 6.57. The number of carbonyl (C=O) groups excluding carboxylic acids is 1. The summed E-state index contributed by atoms with van der Waals surface area (Å²) in [6.07, 6.45) is 4.00. The van der Waals surface area contributed by atoms with Crippen LogP contribution in [-0.2, 0) is 6.42 Å². The maximum atomic E-state index is 14.2. The number of rotatable bonds is 4. The van der Waals surface area contributed by atoms with Gasteiger partial charge in [0.15, 0.2) is 0 Å². The zero-order chi connectivity index (χ0) is 19.5. The van der Waals surface area contributed by atoms with Gasteiger partial charge in [-0.1, -0.05) is 25.1 Å². The predicted octanol–water partition coefficient (Wildman–Crippen LogP) is 2.57. The molecule has 3 heterocycles. The molecule has 29 heavy (non-hydrogen) atoms. The van der Waals surface area contributed by atoms with Crippen LogP contribution in [0, 0.1) is 5.82 Å². The molecule has 0 spiro atoms. The van der Waals surface area contributed by atoms with E-state index in [1.807, 2.05) is 19.1 Å². The number of nitrogens with one attached hydrogen (secondary N) is 1. The van der Waals surface area contributed by atoms with Crippen molar-refractivity contribution >= 4 is 18.3 Å². The Hall–Kier alpha value is -2.84. The molecule has 1 N–H and O–H groups in total. The van der Waals surface area contributed by atoms with Gasteiger partial charge in [0, 0.05) is 38.4 Å². The summed E-state index contributed by atoms with van der Waals surface area (Å²) in [7, 11) is 0. The van der Waals surface area contributed by atoms with Gasteiger partial charge in [0.2, 0.25) is 5.82 Å². The van der Waals surface area contributed by atoms with Gasteiger partial charge in [-0.05, 0) is 23.8 Å². The molecular formula is C20H22ClFN6O. The fraction of sp³-hybridized carbons (Fsp3) is 0.300. The number of amides is 1. The van der Waals surface area contributed by atoms with Gasteiger partial charge in [0.1, 0.15) is 17.3 Å². The number of pyridine rings is 1. The number of aryl methyl sites for hydroxylation is 1. The Bertz CT molecular complexity index is 980. The normalized spacial score (nSPS) is 16.3. The first kappa shape index (κ1) is 20.9. The molecule has 0 saturated carbocycles. The van der Waals surface area contributed by atoms with Gasteiger partial charge in [-0.3, -0.25) is 9.78 Å². The number of carbonyl (C=O) groups is 1. The Morgan fingerprint density at radius 1 is 1.28 bits per heavy atom. The highest BCUT2D eigenvalue weighted by molar-refractivity contribution is 5.91. The number of aromatic nitrogens is 4. The van der Waals surface area contributed by atoms with Crippen molar-refractivity contribution in [3.05, 3.63) is 71.8 Å². The lowest BCUT2D eigenvalue weighted by Gasteiger charge is -2.35. The van der Waals surface area contributed by atoms with E-state index >= 15 is 0 Å². The Morgan fingerprint density at radius 3 is 2.83 bits per heavy atom. The average molecular weight is 417 g/mol. The largest absolute Gasteiger partial charge is 0.326 e. The van der Waals surface area contributed by atoms with E-state index in [1.54, 1.807) is 35.5 Å². The van der Waals surface area contributed by atoms with Crippen molar-refractivity contribution in [1.29, 1.82) is 0 Å². The van der Waals surface area contributed by atoms with Gasteiger partial charge >= 0.3 is 0 Å². The predicted molar refractivity (Wildman–Crippen MR) is 109 cm³/mol. The monoisotopic (exact) mass is 416 g/mol. The summed E-state index contributed by atoms with van der Waals surface area (Å²) in [6, 6.07) is 10.00. The van der Waals surface area contributed by atoms with Gasteiger partial charge in [-0.2, -0.15) is 0 Å². The molecule has 9 heteroatoms. The smallest absolute Gasteiger partial charge is 0.294 e. The molecule has 1 aromatic carbocycles. The van der Waals surface area contributed by atoms with Crippen LogP contribution in [0.5, 0.6) is 0 Å². The first-order chi connectivity index (χ1) is 13.7. The van der Waals surface area contributed by atoms with Crippen LogP contribution in [0.1, 0.15) is 35.0 Å². The van der Waals surface area contributed by atoms with Gasteiger partial charge in [0.05, 0.1) is 6.04 Å². The van der Waals surface area contributed by atoms with E-state index in [0.717, 1.165) is 5.56 Å². The fourth-order valence-electron chi connectivity index (χ4n) is 3.43. The fourth-order valence-corrected chi connectivity index (χ4v) is 3.43. The van der Waals surface area contributed by atoms with Crippen molar-refractivity contribution in [3.8, 4) is 5.69 Å². The number of hydrogen-bond donors (Lipinski definition) is 1. The lowest BCUT2D eigenvalue weighted by atomic mass is 10.1. The highest BCUT2D eigenvalue weighted by Crippen LogP contribution is 2.23. The van der Waals surface area contributed by atoms with E-state index in [0.29, 0.717) is 31.9 Å². The number of nitrogens with zero attached hydrogens (tertiary/aromatic N) is 5. The standard InChI is InChI=1S/C20H21FN6O.ClH/c1-2-18-24-19(25-27(18)16-8-4-3-7-15(16)21)20(28)26-11-10-23-13-17(26)14-6-5-9-22-12-14;/h3-9,12,17,23H,2,10-11,13H2,1H3;1H. The van der Waals surface area contributed by atoms with Crippen LogP contribution in [0.4, 0.5) is 4.39 Å². The van der Waals surface area contributed by atoms with E-state index in [1.165, 1.54) is 10.7 Å². The van der Waals surface area contributed by atoms with Crippen LogP contribution >= 0.6 is 12.4 Å². The van der Waals surface area contributed by atoms with Crippen LogP contribution in [0.2, 0.25) is 0 Å². The minimum Gasteiger partial charge on any atom is -0.326 e. The molecule has 1 aliphatic heterocycles. The van der Waals surface area contributed by atoms with Gasteiger partial charge in [-0.25, -0.2) is 14.1 Å². The zero-order valence-corrected chi connectivity index (χ0v) is 16.8. The molecule has 3 aromatic rings. The van der Waals surface area contributed by atoms with E-state index in [-0.39, 0.29) is 35.9 Å². The molecule has 1 atom stereocenters. The molecule has 1 unspecified atom stereocenters. The minimum atomic E-state index is -0.406. The molecule has 1 saturated heterocycles. The van der Waals surface area contributed by atoms with Gasteiger partial charge < -0.3 is 10.2 Å². The van der Waals surface area contributed by atoms with Crippen LogP contribution in [0.25, 0.3) is 5.69 Å². The number of hydrogen-bond acceptors (Lipinski definition) is 5.